The zero-order valence-corrected chi connectivity index (χ0v) is 38.6. The zero-order valence-electron chi connectivity index (χ0n) is 37.8. The van der Waals surface area contributed by atoms with Crippen LogP contribution in [0.2, 0.25) is 0 Å². The minimum atomic E-state index is -4.60. The van der Waals surface area contributed by atoms with E-state index in [1.165, 1.54) is 122 Å². The van der Waals surface area contributed by atoms with Gasteiger partial charge in [-0.2, -0.15) is 8.42 Å². The van der Waals surface area contributed by atoms with Crippen LogP contribution in [-0.4, -0.2) is 96.0 Å². The Morgan fingerprint density at radius 3 is 1.38 bits per heavy atom. The van der Waals surface area contributed by atoms with E-state index in [1.807, 2.05) is 0 Å². The van der Waals surface area contributed by atoms with E-state index >= 15 is 0 Å². The van der Waals surface area contributed by atoms with Crippen LogP contribution in [0.1, 0.15) is 219 Å². The Balaban J connectivity index is 2.40. The van der Waals surface area contributed by atoms with Crippen molar-refractivity contribution in [1.82, 2.24) is 0 Å². The molecule has 0 aromatic heterocycles. The van der Waals surface area contributed by atoms with E-state index in [0.29, 0.717) is 12.8 Å². The van der Waals surface area contributed by atoms with Crippen molar-refractivity contribution in [3.63, 3.8) is 0 Å². The summed E-state index contributed by atoms with van der Waals surface area (Å²) in [6.45, 7) is 3.77. The summed E-state index contributed by atoms with van der Waals surface area (Å²) < 4.78 is 54.1. The molecule has 0 aromatic rings. The number of ether oxygens (including phenoxy) is 4. The normalized spacial score (nSPS) is 20.1. The van der Waals surface area contributed by atoms with Crippen molar-refractivity contribution < 1.29 is 56.8 Å². The fraction of sp³-hybridized carbons (Fsp3) is 0.915. The third-order valence-electron chi connectivity index (χ3n) is 11.3. The summed E-state index contributed by atoms with van der Waals surface area (Å²) in [5.41, 5.74) is 0. The maximum absolute atomic E-state index is 12.8. The van der Waals surface area contributed by atoms with E-state index in [1.54, 1.807) is 0 Å². The number of hydrogen-bond acceptors (Lipinski definition) is 11. The Labute approximate surface area is 365 Å². The van der Waals surface area contributed by atoms with Crippen molar-refractivity contribution >= 4 is 22.1 Å². The first-order valence-corrected chi connectivity index (χ1v) is 25.9. The number of aliphatic hydroxyl groups excluding tert-OH is 3. The minimum absolute atomic E-state index is 0.158. The number of carbonyl (C=O) groups excluding carboxylic acids is 2. The van der Waals surface area contributed by atoms with Gasteiger partial charge in [-0.25, -0.2) is 0 Å². The lowest BCUT2D eigenvalue weighted by Crippen LogP contribution is -2.60. The van der Waals surface area contributed by atoms with Crippen LogP contribution in [-0.2, 0) is 38.7 Å². The first-order valence-electron chi connectivity index (χ1n) is 24.2. The molecule has 1 aliphatic heterocycles. The maximum Gasteiger partial charge on any atom is 0.306 e. The van der Waals surface area contributed by atoms with Gasteiger partial charge in [0.05, 0.1) is 6.61 Å². The van der Waals surface area contributed by atoms with E-state index in [0.717, 1.165) is 57.8 Å². The molecule has 2 unspecified atom stereocenters. The van der Waals surface area contributed by atoms with Crippen LogP contribution in [0.5, 0.6) is 0 Å². The second kappa shape index (κ2) is 37.9. The molecule has 0 spiro atoms. The molecular formula is C47H88O12S. The van der Waals surface area contributed by atoms with Gasteiger partial charge in [-0.15, -0.1) is 0 Å². The molecular weight excluding hydrogens is 789 g/mol. The molecule has 1 fully saturated rings. The molecule has 4 N–H and O–H groups in total. The Morgan fingerprint density at radius 2 is 0.950 bits per heavy atom. The molecule has 60 heavy (non-hydrogen) atoms. The smallest absolute Gasteiger partial charge is 0.306 e. The van der Waals surface area contributed by atoms with Gasteiger partial charge < -0.3 is 34.3 Å². The van der Waals surface area contributed by atoms with Crippen molar-refractivity contribution in [2.45, 2.75) is 256 Å². The molecule has 6 atom stereocenters. The van der Waals surface area contributed by atoms with E-state index in [2.05, 4.69) is 26.0 Å². The average molecular weight is 877 g/mol. The summed E-state index contributed by atoms with van der Waals surface area (Å²) >= 11 is 0. The molecule has 0 radical (unpaired) electrons. The van der Waals surface area contributed by atoms with Gasteiger partial charge in [-0.1, -0.05) is 180 Å². The highest BCUT2D eigenvalue weighted by molar-refractivity contribution is 7.85. The highest BCUT2D eigenvalue weighted by atomic mass is 32.2. The predicted octanol–water partition coefficient (Wildman–Crippen LogP) is 10.2. The Hall–Kier alpha value is -1.61. The van der Waals surface area contributed by atoms with Crippen LogP contribution in [0.4, 0.5) is 0 Å². The predicted molar refractivity (Wildman–Crippen MR) is 238 cm³/mol. The second-order valence-electron chi connectivity index (χ2n) is 17.1. The van der Waals surface area contributed by atoms with Crippen molar-refractivity contribution in [2.75, 3.05) is 19.0 Å². The molecule has 13 heteroatoms. The summed E-state index contributed by atoms with van der Waals surface area (Å²) in [6.07, 6.45) is 31.1. The first-order chi connectivity index (χ1) is 29.0. The number of hydrogen-bond donors (Lipinski definition) is 4. The average Bonchev–Trinajstić information content (AvgIpc) is 3.21. The van der Waals surface area contributed by atoms with Gasteiger partial charge in [0.1, 0.15) is 36.8 Å². The number of aliphatic hydroxyl groups is 3. The fourth-order valence-electron chi connectivity index (χ4n) is 7.56. The molecule has 1 saturated heterocycles. The molecule has 0 bridgehead atoms. The van der Waals surface area contributed by atoms with Crippen LogP contribution in [0.25, 0.3) is 0 Å². The summed E-state index contributed by atoms with van der Waals surface area (Å²) in [7, 11) is -4.60. The summed E-state index contributed by atoms with van der Waals surface area (Å²) in [5.74, 6) is -1.98. The van der Waals surface area contributed by atoms with E-state index in [-0.39, 0.29) is 19.4 Å². The van der Waals surface area contributed by atoms with E-state index in [9.17, 15) is 37.9 Å². The second-order valence-corrected chi connectivity index (χ2v) is 18.6. The van der Waals surface area contributed by atoms with Gasteiger partial charge in [0.15, 0.2) is 12.4 Å². The van der Waals surface area contributed by atoms with Gasteiger partial charge in [-0.3, -0.25) is 14.1 Å². The topological polar surface area (TPSA) is 186 Å². The molecule has 0 saturated carbocycles. The van der Waals surface area contributed by atoms with Gasteiger partial charge in [0.25, 0.3) is 10.1 Å². The lowest BCUT2D eigenvalue weighted by atomic mass is 10.00. The molecule has 0 aliphatic carbocycles. The Kier molecular flexibility index (Phi) is 35.6. The number of unbranched alkanes of at least 4 members (excludes halogenated alkanes) is 27. The highest BCUT2D eigenvalue weighted by Crippen LogP contribution is 2.24. The Bertz CT molecular complexity index is 1170. The standard InChI is InChI=1S/C47H88O12S/c1-3-5-7-9-11-13-15-17-19-20-22-23-25-27-29-31-33-35-42(48)56-37-40(38-57-47-46(52)45(51)44(50)41(59-47)39-60(53,54)55)58-43(49)36-34-32-30-28-26-24-21-18-16-14-12-10-8-6-4-2/h18,21,40-41,44-47,50-52H,3-17,19-20,22-39H2,1-2H3,(H,53,54,55)/b21-18+/t40-,41-,44-,45?,46?,47+/m1/s1. The third kappa shape index (κ3) is 32.1. The third-order valence-corrected chi connectivity index (χ3v) is 12.1. The summed E-state index contributed by atoms with van der Waals surface area (Å²) in [5, 5.41) is 30.9. The zero-order chi connectivity index (χ0) is 44.1. The lowest BCUT2D eigenvalue weighted by Gasteiger charge is -2.40. The SMILES string of the molecule is CCCCCCCC/C=C/CCCCCCCC(=O)O[C@H](COC(=O)CCCCCCCCCCCCCCCCCCC)CO[C@H]1O[C@H](CS(=O)(=O)O)[C@@H](O)C(O)C1O. The van der Waals surface area contributed by atoms with Crippen LogP contribution in [0.15, 0.2) is 12.2 Å². The van der Waals surface area contributed by atoms with Crippen molar-refractivity contribution in [3.05, 3.63) is 12.2 Å². The Morgan fingerprint density at radius 1 is 0.550 bits per heavy atom. The number of esters is 2. The van der Waals surface area contributed by atoms with E-state index in [4.69, 9.17) is 18.9 Å². The van der Waals surface area contributed by atoms with Gasteiger partial charge in [0.2, 0.25) is 0 Å². The summed E-state index contributed by atoms with van der Waals surface area (Å²) in [4.78, 5) is 25.4. The quantitative estimate of drug-likeness (QED) is 0.0197. The lowest BCUT2D eigenvalue weighted by molar-refractivity contribution is -0.297. The molecule has 1 aliphatic rings. The number of allylic oxidation sites excluding steroid dienone is 2. The number of carbonyl (C=O) groups is 2. The molecule has 1 heterocycles. The van der Waals surface area contributed by atoms with Crippen LogP contribution in [0, 0.1) is 0 Å². The highest BCUT2D eigenvalue weighted by Gasteiger charge is 2.46. The summed E-state index contributed by atoms with van der Waals surface area (Å²) in [6, 6.07) is 0. The van der Waals surface area contributed by atoms with Gasteiger partial charge in [0, 0.05) is 12.8 Å². The molecule has 1 rings (SSSR count). The number of rotatable bonds is 41. The molecule has 0 amide bonds. The van der Waals surface area contributed by atoms with Crippen molar-refractivity contribution in [3.8, 4) is 0 Å². The molecule has 0 aromatic carbocycles. The minimum Gasteiger partial charge on any atom is -0.462 e. The first kappa shape index (κ1) is 56.4. The van der Waals surface area contributed by atoms with Crippen molar-refractivity contribution in [1.29, 1.82) is 0 Å². The van der Waals surface area contributed by atoms with Crippen LogP contribution in [0.3, 0.4) is 0 Å². The monoisotopic (exact) mass is 877 g/mol. The van der Waals surface area contributed by atoms with Crippen molar-refractivity contribution in [2.24, 2.45) is 0 Å². The van der Waals surface area contributed by atoms with Crippen LogP contribution < -0.4 is 0 Å². The van der Waals surface area contributed by atoms with Gasteiger partial charge >= 0.3 is 11.9 Å². The molecule has 354 valence electrons. The largest absolute Gasteiger partial charge is 0.462 e. The van der Waals surface area contributed by atoms with E-state index < -0.39 is 71.2 Å². The maximum atomic E-state index is 12.8. The fourth-order valence-corrected chi connectivity index (χ4v) is 8.25. The van der Waals surface area contributed by atoms with Gasteiger partial charge in [-0.05, 0) is 38.5 Å². The molecule has 12 nitrogen and oxygen atoms in total. The van der Waals surface area contributed by atoms with Crippen LogP contribution >= 0.6 is 0 Å².